The standard InChI is InChI=1S/C11H10F3N3O3S/c12-8-3-10(14)11(4-9(8)13)16-21(19,20)7-5-15-17(6-7)1-2-18/h3-6,16,18H,1-2H2. The minimum atomic E-state index is -4.21. The van der Waals surface area contributed by atoms with Gasteiger partial charge in [-0.15, -0.1) is 0 Å². The number of anilines is 1. The number of rotatable bonds is 5. The van der Waals surface area contributed by atoms with Crippen molar-refractivity contribution in [1.82, 2.24) is 9.78 Å². The molecule has 0 atom stereocenters. The number of benzene rings is 1. The van der Waals surface area contributed by atoms with Crippen LogP contribution in [0.3, 0.4) is 0 Å². The summed E-state index contributed by atoms with van der Waals surface area (Å²) in [4.78, 5) is -0.305. The molecule has 0 fully saturated rings. The summed E-state index contributed by atoms with van der Waals surface area (Å²) in [6.45, 7) is -0.165. The molecule has 0 saturated heterocycles. The molecule has 0 radical (unpaired) electrons. The maximum atomic E-state index is 13.4. The molecular formula is C11H10F3N3O3S. The Labute approximate surface area is 117 Å². The van der Waals surface area contributed by atoms with E-state index in [-0.39, 0.29) is 24.1 Å². The molecule has 1 heterocycles. The molecule has 0 unspecified atom stereocenters. The maximum absolute atomic E-state index is 13.4. The zero-order valence-electron chi connectivity index (χ0n) is 10.4. The van der Waals surface area contributed by atoms with E-state index in [2.05, 4.69) is 5.10 Å². The van der Waals surface area contributed by atoms with E-state index in [1.807, 2.05) is 0 Å². The van der Waals surface area contributed by atoms with Crippen LogP contribution in [0.15, 0.2) is 29.4 Å². The molecule has 21 heavy (non-hydrogen) atoms. The van der Waals surface area contributed by atoms with Crippen molar-refractivity contribution in [2.75, 3.05) is 11.3 Å². The first kappa shape index (κ1) is 15.3. The van der Waals surface area contributed by atoms with Gasteiger partial charge in [-0.25, -0.2) is 21.6 Å². The van der Waals surface area contributed by atoms with Gasteiger partial charge in [-0.3, -0.25) is 9.40 Å². The first-order chi connectivity index (χ1) is 9.83. The van der Waals surface area contributed by atoms with E-state index in [9.17, 15) is 21.6 Å². The largest absolute Gasteiger partial charge is 0.394 e. The summed E-state index contributed by atoms with van der Waals surface area (Å²) in [5, 5.41) is 12.4. The molecule has 0 bridgehead atoms. The fourth-order valence-electron chi connectivity index (χ4n) is 1.51. The Kier molecular flexibility index (Phi) is 4.19. The third-order valence-electron chi connectivity index (χ3n) is 2.50. The second-order valence-corrected chi connectivity index (χ2v) is 5.70. The molecule has 1 aromatic carbocycles. The van der Waals surface area contributed by atoms with Gasteiger partial charge < -0.3 is 5.11 Å². The number of sulfonamides is 1. The average molecular weight is 321 g/mol. The number of aliphatic hydroxyl groups excluding tert-OH is 1. The van der Waals surface area contributed by atoms with E-state index in [4.69, 9.17) is 5.11 Å². The Morgan fingerprint density at radius 3 is 2.52 bits per heavy atom. The Balaban J connectivity index is 2.30. The van der Waals surface area contributed by atoms with Crippen molar-refractivity contribution in [1.29, 1.82) is 0 Å². The molecule has 0 aliphatic rings. The third kappa shape index (κ3) is 3.34. The number of aromatic nitrogens is 2. The highest BCUT2D eigenvalue weighted by atomic mass is 32.2. The molecule has 6 nitrogen and oxygen atoms in total. The Hall–Kier alpha value is -2.07. The zero-order chi connectivity index (χ0) is 15.6. The predicted molar refractivity (Wildman–Crippen MR) is 66.4 cm³/mol. The van der Waals surface area contributed by atoms with Gasteiger partial charge in [-0.2, -0.15) is 5.10 Å². The summed E-state index contributed by atoms with van der Waals surface area (Å²) in [6, 6.07) is 0.642. The molecule has 2 rings (SSSR count). The molecule has 0 spiro atoms. The van der Waals surface area contributed by atoms with E-state index in [1.54, 1.807) is 4.72 Å². The van der Waals surface area contributed by atoms with Crippen LogP contribution in [0.2, 0.25) is 0 Å². The highest BCUT2D eigenvalue weighted by molar-refractivity contribution is 7.92. The van der Waals surface area contributed by atoms with Crippen molar-refractivity contribution in [3.63, 3.8) is 0 Å². The van der Waals surface area contributed by atoms with Gasteiger partial charge in [-0.05, 0) is 0 Å². The molecule has 114 valence electrons. The number of aliphatic hydroxyl groups is 1. The first-order valence-corrected chi connectivity index (χ1v) is 7.12. The molecule has 0 saturated carbocycles. The van der Waals surface area contributed by atoms with Crippen LogP contribution in [0.4, 0.5) is 18.9 Å². The van der Waals surface area contributed by atoms with E-state index in [1.165, 1.54) is 0 Å². The highest BCUT2D eigenvalue weighted by Crippen LogP contribution is 2.21. The number of halogens is 3. The SMILES string of the molecule is O=S(=O)(Nc1cc(F)c(F)cc1F)c1cnn(CCO)c1. The number of nitrogens with one attached hydrogen (secondary N) is 1. The summed E-state index contributed by atoms with van der Waals surface area (Å²) in [5.74, 6) is -4.06. The van der Waals surface area contributed by atoms with Gasteiger partial charge in [0.05, 0.1) is 25.0 Å². The van der Waals surface area contributed by atoms with Crippen molar-refractivity contribution in [3.8, 4) is 0 Å². The normalized spacial score (nSPS) is 11.6. The van der Waals surface area contributed by atoms with Crippen LogP contribution in [0.1, 0.15) is 0 Å². The molecule has 0 aliphatic heterocycles. The summed E-state index contributed by atoms with van der Waals surface area (Å²) >= 11 is 0. The Morgan fingerprint density at radius 1 is 1.19 bits per heavy atom. The molecule has 1 aromatic heterocycles. The van der Waals surface area contributed by atoms with Gasteiger partial charge in [0.2, 0.25) is 0 Å². The van der Waals surface area contributed by atoms with Gasteiger partial charge in [0.25, 0.3) is 10.0 Å². The molecule has 2 N–H and O–H groups in total. The fourth-order valence-corrected chi connectivity index (χ4v) is 2.52. The number of hydrogen-bond acceptors (Lipinski definition) is 4. The number of nitrogens with zero attached hydrogens (tertiary/aromatic N) is 2. The van der Waals surface area contributed by atoms with Crippen molar-refractivity contribution < 1.29 is 26.7 Å². The van der Waals surface area contributed by atoms with Crippen molar-refractivity contribution >= 4 is 15.7 Å². The summed E-state index contributed by atoms with van der Waals surface area (Å²) in [5.41, 5.74) is -0.719. The lowest BCUT2D eigenvalue weighted by atomic mass is 10.3. The smallest absolute Gasteiger partial charge is 0.265 e. The molecular weight excluding hydrogens is 311 g/mol. The highest BCUT2D eigenvalue weighted by Gasteiger charge is 2.20. The third-order valence-corrected chi connectivity index (χ3v) is 3.82. The van der Waals surface area contributed by atoms with Crippen molar-refractivity contribution in [2.45, 2.75) is 11.4 Å². The quantitative estimate of drug-likeness (QED) is 0.808. The summed E-state index contributed by atoms with van der Waals surface area (Å²) in [6.07, 6.45) is 2.09. The average Bonchev–Trinajstić information content (AvgIpc) is 2.86. The van der Waals surface area contributed by atoms with Gasteiger partial charge in [0.1, 0.15) is 10.7 Å². The van der Waals surface area contributed by atoms with Crippen LogP contribution >= 0.6 is 0 Å². The van der Waals surface area contributed by atoms with Crippen LogP contribution in [-0.2, 0) is 16.6 Å². The monoisotopic (exact) mass is 321 g/mol. The number of hydrogen-bond donors (Lipinski definition) is 2. The van der Waals surface area contributed by atoms with Gasteiger partial charge in [0, 0.05) is 18.3 Å². The second-order valence-electron chi connectivity index (χ2n) is 4.01. The van der Waals surface area contributed by atoms with Crippen LogP contribution in [0.5, 0.6) is 0 Å². The molecule has 0 amide bonds. The minimum Gasteiger partial charge on any atom is -0.394 e. The van der Waals surface area contributed by atoms with Crippen molar-refractivity contribution in [2.24, 2.45) is 0 Å². The van der Waals surface area contributed by atoms with E-state index < -0.39 is 33.2 Å². The lowest BCUT2D eigenvalue weighted by Gasteiger charge is -2.07. The van der Waals surface area contributed by atoms with Crippen LogP contribution in [0, 0.1) is 17.5 Å². The summed E-state index contributed by atoms with van der Waals surface area (Å²) < 4.78 is 66.1. The van der Waals surface area contributed by atoms with Crippen LogP contribution in [-0.4, -0.2) is 29.9 Å². The van der Waals surface area contributed by atoms with Crippen molar-refractivity contribution in [3.05, 3.63) is 42.0 Å². The first-order valence-electron chi connectivity index (χ1n) is 5.64. The van der Waals surface area contributed by atoms with Crippen LogP contribution < -0.4 is 4.72 Å². The van der Waals surface area contributed by atoms with Gasteiger partial charge in [-0.1, -0.05) is 0 Å². The fraction of sp³-hybridized carbons (Fsp3) is 0.182. The van der Waals surface area contributed by atoms with Gasteiger partial charge >= 0.3 is 0 Å². The maximum Gasteiger partial charge on any atom is 0.265 e. The summed E-state index contributed by atoms with van der Waals surface area (Å²) in [7, 11) is -4.21. The molecule has 0 aliphatic carbocycles. The Bertz CT molecular complexity index is 761. The molecule has 2 aromatic rings. The van der Waals surface area contributed by atoms with E-state index in [0.29, 0.717) is 6.07 Å². The minimum absolute atomic E-state index is 0.0784. The molecule has 10 heteroatoms. The second kappa shape index (κ2) is 5.74. The topological polar surface area (TPSA) is 84.2 Å². The zero-order valence-corrected chi connectivity index (χ0v) is 11.2. The van der Waals surface area contributed by atoms with E-state index in [0.717, 1.165) is 17.1 Å². The lowest BCUT2D eigenvalue weighted by Crippen LogP contribution is -2.14. The van der Waals surface area contributed by atoms with Crippen LogP contribution in [0.25, 0.3) is 0 Å². The van der Waals surface area contributed by atoms with Gasteiger partial charge in [0.15, 0.2) is 11.6 Å². The Morgan fingerprint density at radius 2 is 1.86 bits per heavy atom. The predicted octanol–water partition coefficient (Wildman–Crippen LogP) is 1.09. The lowest BCUT2D eigenvalue weighted by molar-refractivity contribution is 0.269. The van der Waals surface area contributed by atoms with E-state index >= 15 is 0 Å².